The average molecular weight is 312 g/mol. The van der Waals surface area contributed by atoms with Crippen LogP contribution in [0, 0.1) is 0 Å². The highest BCUT2D eigenvalue weighted by molar-refractivity contribution is 5.92. The van der Waals surface area contributed by atoms with E-state index in [4.69, 9.17) is 10.5 Å². The van der Waals surface area contributed by atoms with Gasteiger partial charge in [-0.2, -0.15) is 0 Å². The highest BCUT2D eigenvalue weighted by Gasteiger charge is 1.99. The van der Waals surface area contributed by atoms with Crippen LogP contribution in [0.3, 0.4) is 0 Å². The monoisotopic (exact) mass is 312 g/mol. The van der Waals surface area contributed by atoms with Gasteiger partial charge in [0.05, 0.1) is 13.7 Å². The number of nitrogens with two attached hydrogens (primary N) is 1. The molecule has 0 spiro atoms. The molecule has 2 aromatic carbocycles. The summed E-state index contributed by atoms with van der Waals surface area (Å²) in [6.45, 7) is 1.89. The number of aliphatic imine (C=N–C) groups is 1. The highest BCUT2D eigenvalue weighted by atomic mass is 16.5. The number of hydrogen-bond acceptors (Lipinski definition) is 3. The first-order valence-electron chi connectivity index (χ1n) is 7.14. The summed E-state index contributed by atoms with van der Waals surface area (Å²) in [4.78, 5) is 15.4. The summed E-state index contributed by atoms with van der Waals surface area (Å²) in [5.74, 6) is 0.993. The van der Waals surface area contributed by atoms with E-state index in [2.05, 4.69) is 15.6 Å². The Morgan fingerprint density at radius 2 is 1.87 bits per heavy atom. The van der Waals surface area contributed by atoms with Crippen LogP contribution in [0.2, 0.25) is 0 Å². The second kappa shape index (κ2) is 7.84. The Morgan fingerprint density at radius 1 is 1.13 bits per heavy atom. The summed E-state index contributed by atoms with van der Waals surface area (Å²) in [6.07, 6.45) is 0. The number of ether oxygens (including phenoxy) is 1. The quantitative estimate of drug-likeness (QED) is 0.585. The molecule has 0 heterocycles. The van der Waals surface area contributed by atoms with Gasteiger partial charge in [-0.25, -0.2) is 4.99 Å². The molecule has 2 aromatic rings. The number of hydrogen-bond donors (Lipinski definition) is 3. The van der Waals surface area contributed by atoms with E-state index in [-0.39, 0.29) is 5.91 Å². The van der Waals surface area contributed by atoms with E-state index < -0.39 is 0 Å². The van der Waals surface area contributed by atoms with Crippen molar-refractivity contribution < 1.29 is 9.53 Å². The second-order valence-corrected chi connectivity index (χ2v) is 4.94. The van der Waals surface area contributed by atoms with E-state index in [1.165, 1.54) is 6.92 Å². The Balaban J connectivity index is 1.97. The topological polar surface area (TPSA) is 88.7 Å². The standard InChI is InChI=1S/C17H20N4O2/c1-12(22)20-15-5-3-4-13(10-15)11-19-17(18)21-14-6-8-16(23-2)9-7-14/h3-10H,11H2,1-2H3,(H,20,22)(H3,18,19,21). The molecular weight excluding hydrogens is 292 g/mol. The summed E-state index contributed by atoms with van der Waals surface area (Å²) in [5, 5.41) is 5.75. The number of rotatable bonds is 5. The zero-order valence-electron chi connectivity index (χ0n) is 13.2. The first-order chi connectivity index (χ1) is 11.1. The maximum Gasteiger partial charge on any atom is 0.221 e. The van der Waals surface area contributed by atoms with Gasteiger partial charge >= 0.3 is 0 Å². The summed E-state index contributed by atoms with van der Waals surface area (Å²) < 4.78 is 5.10. The molecule has 0 aliphatic heterocycles. The lowest BCUT2D eigenvalue weighted by Crippen LogP contribution is -2.22. The van der Waals surface area contributed by atoms with Crippen LogP contribution in [0.4, 0.5) is 11.4 Å². The molecule has 0 atom stereocenters. The Morgan fingerprint density at radius 3 is 2.52 bits per heavy atom. The van der Waals surface area contributed by atoms with Crippen molar-refractivity contribution in [1.82, 2.24) is 0 Å². The van der Waals surface area contributed by atoms with Crippen molar-refractivity contribution in [3.05, 3.63) is 54.1 Å². The number of guanidine groups is 1. The minimum atomic E-state index is -0.105. The van der Waals surface area contributed by atoms with Crippen LogP contribution in [0.15, 0.2) is 53.5 Å². The maximum absolute atomic E-state index is 11.1. The van der Waals surface area contributed by atoms with Gasteiger partial charge in [-0.3, -0.25) is 4.79 Å². The number of nitrogens with one attached hydrogen (secondary N) is 2. The van der Waals surface area contributed by atoms with E-state index >= 15 is 0 Å². The van der Waals surface area contributed by atoms with E-state index in [0.29, 0.717) is 12.5 Å². The van der Waals surface area contributed by atoms with E-state index in [1.54, 1.807) is 7.11 Å². The number of carbonyl (C=O) groups excluding carboxylic acids is 1. The van der Waals surface area contributed by atoms with Gasteiger partial charge in [-0.1, -0.05) is 12.1 Å². The van der Waals surface area contributed by atoms with Crippen LogP contribution in [0.1, 0.15) is 12.5 Å². The summed E-state index contributed by atoms with van der Waals surface area (Å²) in [7, 11) is 1.62. The lowest BCUT2D eigenvalue weighted by molar-refractivity contribution is -0.114. The predicted octanol–water partition coefficient (Wildman–Crippen LogP) is 2.58. The summed E-state index contributed by atoms with van der Waals surface area (Å²) in [6, 6.07) is 14.9. The van der Waals surface area contributed by atoms with Crippen molar-refractivity contribution >= 4 is 23.2 Å². The number of nitrogens with zero attached hydrogens (tertiary/aromatic N) is 1. The molecule has 0 fully saturated rings. The Labute approximate surface area is 135 Å². The molecule has 0 radical (unpaired) electrons. The fraction of sp³-hybridized carbons (Fsp3) is 0.176. The molecule has 0 aliphatic carbocycles. The van der Waals surface area contributed by atoms with Crippen LogP contribution in [-0.2, 0) is 11.3 Å². The second-order valence-electron chi connectivity index (χ2n) is 4.94. The molecule has 0 saturated carbocycles. The number of anilines is 2. The summed E-state index contributed by atoms with van der Waals surface area (Å²) in [5.41, 5.74) is 8.41. The van der Waals surface area contributed by atoms with Gasteiger partial charge in [-0.15, -0.1) is 0 Å². The van der Waals surface area contributed by atoms with E-state index in [9.17, 15) is 4.79 Å². The van der Waals surface area contributed by atoms with Crippen LogP contribution in [-0.4, -0.2) is 19.0 Å². The molecule has 2 rings (SSSR count). The van der Waals surface area contributed by atoms with Crippen LogP contribution in [0.5, 0.6) is 5.75 Å². The van der Waals surface area contributed by atoms with E-state index in [0.717, 1.165) is 22.7 Å². The number of benzene rings is 2. The zero-order chi connectivity index (χ0) is 16.7. The normalized spacial score (nSPS) is 11.0. The third-order valence-electron chi connectivity index (χ3n) is 3.04. The predicted molar refractivity (Wildman–Crippen MR) is 92.7 cm³/mol. The lowest BCUT2D eigenvalue weighted by atomic mass is 10.2. The van der Waals surface area contributed by atoms with Crippen molar-refractivity contribution in [2.45, 2.75) is 13.5 Å². The number of methoxy groups -OCH3 is 1. The van der Waals surface area contributed by atoms with Gasteiger partial charge < -0.3 is 21.1 Å². The fourth-order valence-corrected chi connectivity index (χ4v) is 1.99. The minimum Gasteiger partial charge on any atom is -0.497 e. The lowest BCUT2D eigenvalue weighted by Gasteiger charge is -2.07. The third kappa shape index (κ3) is 5.35. The smallest absolute Gasteiger partial charge is 0.221 e. The Hall–Kier alpha value is -3.02. The molecule has 0 aliphatic rings. The minimum absolute atomic E-state index is 0.105. The molecule has 0 saturated heterocycles. The Kier molecular flexibility index (Phi) is 5.57. The van der Waals surface area contributed by atoms with Crippen molar-refractivity contribution in [3.8, 4) is 5.75 Å². The van der Waals surface area contributed by atoms with Gasteiger partial charge in [0.15, 0.2) is 5.96 Å². The molecule has 0 bridgehead atoms. The molecule has 23 heavy (non-hydrogen) atoms. The van der Waals surface area contributed by atoms with Crippen LogP contribution in [0.25, 0.3) is 0 Å². The molecule has 4 N–H and O–H groups in total. The van der Waals surface area contributed by atoms with Crippen LogP contribution >= 0.6 is 0 Å². The molecule has 6 heteroatoms. The van der Waals surface area contributed by atoms with Gasteiger partial charge in [0.1, 0.15) is 5.75 Å². The first kappa shape index (κ1) is 16.4. The summed E-state index contributed by atoms with van der Waals surface area (Å²) >= 11 is 0. The highest BCUT2D eigenvalue weighted by Crippen LogP contribution is 2.15. The van der Waals surface area contributed by atoms with Gasteiger partial charge in [-0.05, 0) is 42.0 Å². The molecular formula is C17H20N4O2. The van der Waals surface area contributed by atoms with Crippen LogP contribution < -0.4 is 21.1 Å². The molecule has 1 amide bonds. The molecule has 6 nitrogen and oxygen atoms in total. The fourth-order valence-electron chi connectivity index (χ4n) is 1.99. The van der Waals surface area contributed by atoms with Crippen molar-refractivity contribution in [2.75, 3.05) is 17.7 Å². The SMILES string of the molecule is COc1ccc(NC(N)=NCc2cccc(NC(C)=O)c2)cc1. The molecule has 120 valence electrons. The van der Waals surface area contributed by atoms with Gasteiger partial charge in [0.25, 0.3) is 0 Å². The molecule has 0 aromatic heterocycles. The molecule has 0 unspecified atom stereocenters. The number of amides is 1. The van der Waals surface area contributed by atoms with Crippen molar-refractivity contribution in [3.63, 3.8) is 0 Å². The first-order valence-corrected chi connectivity index (χ1v) is 7.14. The number of carbonyl (C=O) groups is 1. The third-order valence-corrected chi connectivity index (χ3v) is 3.04. The van der Waals surface area contributed by atoms with Crippen molar-refractivity contribution in [2.24, 2.45) is 10.7 Å². The largest absolute Gasteiger partial charge is 0.497 e. The van der Waals surface area contributed by atoms with Gasteiger partial charge in [0.2, 0.25) is 5.91 Å². The Bertz CT molecular complexity index is 696. The van der Waals surface area contributed by atoms with Gasteiger partial charge in [0, 0.05) is 18.3 Å². The zero-order valence-corrected chi connectivity index (χ0v) is 13.2. The maximum atomic E-state index is 11.1. The van der Waals surface area contributed by atoms with Crippen molar-refractivity contribution in [1.29, 1.82) is 0 Å². The van der Waals surface area contributed by atoms with E-state index in [1.807, 2.05) is 48.5 Å². The average Bonchev–Trinajstić information content (AvgIpc) is 2.53.